The quantitative estimate of drug-likeness (QED) is 0.701. The largest absolute Gasteiger partial charge is 0.349 e. The Morgan fingerprint density at radius 1 is 0.966 bits per heavy atom. The van der Waals surface area contributed by atoms with Crippen LogP contribution in [0.1, 0.15) is 44.2 Å². The van der Waals surface area contributed by atoms with Crippen LogP contribution in [0.4, 0.5) is 0 Å². The van der Waals surface area contributed by atoms with Gasteiger partial charge in [0.25, 0.3) is 0 Å². The van der Waals surface area contributed by atoms with Crippen LogP contribution in [-0.4, -0.2) is 42.3 Å². The summed E-state index contributed by atoms with van der Waals surface area (Å²) in [5, 5.41) is 2.63. The van der Waals surface area contributed by atoms with Gasteiger partial charge in [-0.15, -0.1) is 0 Å². The van der Waals surface area contributed by atoms with Crippen LogP contribution in [0.25, 0.3) is 11.1 Å². The number of hydrogen-bond donors (Lipinski definition) is 1. The molecule has 4 heteroatoms. The van der Waals surface area contributed by atoms with Gasteiger partial charge >= 0.3 is 0 Å². The van der Waals surface area contributed by atoms with Crippen LogP contribution in [0.2, 0.25) is 0 Å². The first kappa shape index (κ1) is 21.3. The molecule has 0 unspecified atom stereocenters. The molecule has 1 aliphatic heterocycles. The number of nitrogens with one attached hydrogen (secondary N) is 1. The number of hydrogen-bond acceptors (Lipinski definition) is 3. The molecule has 0 saturated carbocycles. The van der Waals surface area contributed by atoms with Gasteiger partial charge in [-0.3, -0.25) is 9.59 Å². The van der Waals surface area contributed by atoms with E-state index in [-0.39, 0.29) is 18.2 Å². The molecule has 0 radical (unpaired) electrons. The molecule has 1 heterocycles. The van der Waals surface area contributed by atoms with Crippen LogP contribution in [0.15, 0.2) is 48.5 Å². The molecule has 0 aliphatic carbocycles. The third kappa shape index (κ3) is 6.53. The summed E-state index contributed by atoms with van der Waals surface area (Å²) in [6.07, 6.45) is 4.85. The Kier molecular flexibility index (Phi) is 7.59. The molecule has 2 aromatic rings. The van der Waals surface area contributed by atoms with Crippen LogP contribution in [0.5, 0.6) is 0 Å². The van der Waals surface area contributed by atoms with Gasteiger partial charge in [0.1, 0.15) is 5.78 Å². The van der Waals surface area contributed by atoms with Crippen molar-refractivity contribution in [2.45, 2.75) is 52.0 Å². The second-order valence-corrected chi connectivity index (χ2v) is 8.15. The van der Waals surface area contributed by atoms with E-state index in [0.717, 1.165) is 24.6 Å². The van der Waals surface area contributed by atoms with Crippen molar-refractivity contribution in [2.24, 2.45) is 0 Å². The number of carbonyl (C=O) groups is 2. The fourth-order valence-electron chi connectivity index (χ4n) is 3.89. The summed E-state index contributed by atoms with van der Waals surface area (Å²) in [5.74, 6) is -0.109. The number of Topliss-reactive ketones (excluding diaryl/α,β-unsaturated/α-hetero) is 1. The fourth-order valence-corrected chi connectivity index (χ4v) is 3.89. The minimum absolute atomic E-state index is 0.0284. The summed E-state index contributed by atoms with van der Waals surface area (Å²) >= 11 is 0. The number of carbonyl (C=O) groups excluding carboxylic acids is 2. The van der Waals surface area contributed by atoms with Gasteiger partial charge in [-0.25, -0.2) is 0 Å². The van der Waals surface area contributed by atoms with Gasteiger partial charge in [-0.05, 0) is 68.3 Å². The zero-order valence-electron chi connectivity index (χ0n) is 17.6. The highest BCUT2D eigenvalue weighted by atomic mass is 16.2. The van der Waals surface area contributed by atoms with Crippen LogP contribution >= 0.6 is 0 Å². The number of aryl methyl sites for hydroxylation is 1. The van der Waals surface area contributed by atoms with Crippen molar-refractivity contribution in [3.8, 4) is 11.1 Å². The molecule has 2 aromatic carbocycles. The van der Waals surface area contributed by atoms with Crippen LogP contribution in [0.3, 0.4) is 0 Å². The van der Waals surface area contributed by atoms with Crippen molar-refractivity contribution in [1.82, 2.24) is 10.2 Å². The average molecular weight is 393 g/mol. The zero-order valence-corrected chi connectivity index (χ0v) is 17.6. The first-order chi connectivity index (χ1) is 14.0. The van der Waals surface area contributed by atoms with Gasteiger partial charge in [0.2, 0.25) is 5.91 Å². The van der Waals surface area contributed by atoms with Crippen molar-refractivity contribution >= 4 is 11.7 Å². The van der Waals surface area contributed by atoms with Crippen molar-refractivity contribution in [3.05, 3.63) is 59.7 Å². The lowest BCUT2D eigenvalue weighted by Crippen LogP contribution is -2.28. The van der Waals surface area contributed by atoms with Crippen LogP contribution in [-0.2, 0) is 22.4 Å². The van der Waals surface area contributed by atoms with E-state index in [1.165, 1.54) is 43.0 Å². The first-order valence-electron chi connectivity index (χ1n) is 10.7. The predicted molar refractivity (Wildman–Crippen MR) is 118 cm³/mol. The maximum absolute atomic E-state index is 11.7. The molecule has 3 rings (SSSR count). The smallest absolute Gasteiger partial charge is 0.220 e. The minimum atomic E-state index is -0.0804. The van der Waals surface area contributed by atoms with Crippen molar-refractivity contribution in [3.63, 3.8) is 0 Å². The molecule has 1 atom stereocenters. The fraction of sp³-hybridized carbons (Fsp3) is 0.440. The van der Waals surface area contributed by atoms with Crippen LogP contribution < -0.4 is 5.32 Å². The summed E-state index contributed by atoms with van der Waals surface area (Å²) in [4.78, 5) is 25.2. The van der Waals surface area contributed by atoms with Crippen molar-refractivity contribution < 1.29 is 9.59 Å². The van der Waals surface area contributed by atoms with Crippen molar-refractivity contribution in [2.75, 3.05) is 19.6 Å². The Morgan fingerprint density at radius 3 is 2.07 bits per heavy atom. The highest BCUT2D eigenvalue weighted by molar-refractivity contribution is 5.84. The first-order valence-corrected chi connectivity index (χ1v) is 10.7. The van der Waals surface area contributed by atoms with E-state index >= 15 is 0 Å². The van der Waals surface area contributed by atoms with Gasteiger partial charge in [0.15, 0.2) is 0 Å². The van der Waals surface area contributed by atoms with E-state index < -0.39 is 0 Å². The summed E-state index contributed by atoms with van der Waals surface area (Å²) in [6.45, 7) is 6.31. The maximum Gasteiger partial charge on any atom is 0.220 e. The molecule has 29 heavy (non-hydrogen) atoms. The molecule has 1 fully saturated rings. The predicted octanol–water partition coefficient (Wildman–Crippen LogP) is 4.02. The Hall–Kier alpha value is -2.46. The Morgan fingerprint density at radius 2 is 1.55 bits per heavy atom. The molecular weight excluding hydrogens is 360 g/mol. The van der Waals surface area contributed by atoms with Gasteiger partial charge in [-0.2, -0.15) is 0 Å². The molecule has 1 aliphatic rings. The standard InChI is InChI=1S/C25H32N2O2/c1-19-4-3-16-27(19)17-15-22-7-12-24(13-8-22)23-10-5-21(6-11-23)9-14-25(29)26-18-20(2)28/h5-8,10-13,19H,3-4,9,14-18H2,1-2H3,(H,26,29)/t19-/m1/s1. The topological polar surface area (TPSA) is 49.4 Å². The lowest BCUT2D eigenvalue weighted by Gasteiger charge is -2.20. The molecule has 0 spiro atoms. The molecule has 1 saturated heterocycles. The molecule has 154 valence electrons. The van der Waals surface area contributed by atoms with E-state index in [2.05, 4.69) is 65.7 Å². The highest BCUT2D eigenvalue weighted by Gasteiger charge is 2.19. The molecule has 1 amide bonds. The number of rotatable bonds is 9. The van der Waals surface area contributed by atoms with Gasteiger partial charge in [-0.1, -0.05) is 48.5 Å². The Labute approximate surface area is 174 Å². The van der Waals surface area contributed by atoms with E-state index in [9.17, 15) is 9.59 Å². The van der Waals surface area contributed by atoms with E-state index in [1.807, 2.05) is 0 Å². The summed E-state index contributed by atoms with van der Waals surface area (Å²) in [6, 6.07) is 18.0. The van der Waals surface area contributed by atoms with E-state index in [4.69, 9.17) is 0 Å². The van der Waals surface area contributed by atoms with Crippen LogP contribution in [0, 0.1) is 0 Å². The monoisotopic (exact) mass is 392 g/mol. The van der Waals surface area contributed by atoms with Gasteiger partial charge in [0, 0.05) is 19.0 Å². The van der Waals surface area contributed by atoms with E-state index in [1.54, 1.807) is 0 Å². The lowest BCUT2D eigenvalue weighted by molar-refractivity contribution is -0.124. The number of ketones is 1. The lowest BCUT2D eigenvalue weighted by atomic mass is 10.0. The molecular formula is C25H32N2O2. The molecule has 4 nitrogen and oxygen atoms in total. The molecule has 0 bridgehead atoms. The SMILES string of the molecule is CC(=O)CNC(=O)CCc1ccc(-c2ccc(CCN3CCC[C@H]3C)cc2)cc1. The average Bonchev–Trinajstić information content (AvgIpc) is 3.14. The minimum Gasteiger partial charge on any atom is -0.349 e. The number of nitrogens with zero attached hydrogens (tertiary/aromatic N) is 1. The summed E-state index contributed by atoms with van der Waals surface area (Å²) in [7, 11) is 0. The Bertz CT molecular complexity index is 812. The van der Waals surface area contributed by atoms with Gasteiger partial charge < -0.3 is 10.2 Å². The second-order valence-electron chi connectivity index (χ2n) is 8.15. The second kappa shape index (κ2) is 10.4. The molecule has 0 aromatic heterocycles. The van der Waals surface area contributed by atoms with Gasteiger partial charge in [0.05, 0.1) is 6.54 Å². The Balaban J connectivity index is 1.49. The zero-order chi connectivity index (χ0) is 20.6. The third-order valence-electron chi connectivity index (χ3n) is 5.79. The normalized spacial score (nSPS) is 16.7. The number of likely N-dealkylation sites (tertiary alicyclic amines) is 1. The number of benzene rings is 2. The van der Waals surface area contributed by atoms with E-state index in [0.29, 0.717) is 12.8 Å². The third-order valence-corrected chi connectivity index (χ3v) is 5.79. The highest BCUT2D eigenvalue weighted by Crippen LogP contribution is 2.22. The maximum atomic E-state index is 11.7. The number of amides is 1. The molecule has 1 N–H and O–H groups in total. The summed E-state index contributed by atoms with van der Waals surface area (Å²) < 4.78 is 0. The van der Waals surface area contributed by atoms with Crippen molar-refractivity contribution in [1.29, 1.82) is 0 Å². The summed E-state index contributed by atoms with van der Waals surface area (Å²) in [5.41, 5.74) is 4.92.